The van der Waals surface area contributed by atoms with Gasteiger partial charge < -0.3 is 19.7 Å². The normalized spacial score (nSPS) is 23.3. The predicted molar refractivity (Wildman–Crippen MR) is 80.7 cm³/mol. The number of anilines is 1. The standard InChI is InChI=1S/C16H20N2O4/c1-10-5-11(2)8-18(7-10)16(20)15(19)17-12-3-4-13-14(6-12)22-9-21-13/h3-4,6,10-11H,5,7-9H2,1-2H3,(H,17,19)/t10-,11+. The molecule has 1 N–H and O–H groups in total. The molecule has 3 rings (SSSR count). The Morgan fingerprint density at radius 3 is 2.55 bits per heavy atom. The van der Waals surface area contributed by atoms with Crippen LogP contribution in [-0.2, 0) is 9.59 Å². The smallest absolute Gasteiger partial charge is 0.313 e. The third-order valence-corrected chi connectivity index (χ3v) is 3.98. The monoisotopic (exact) mass is 304 g/mol. The summed E-state index contributed by atoms with van der Waals surface area (Å²) in [6.07, 6.45) is 1.09. The molecular weight excluding hydrogens is 284 g/mol. The molecule has 0 aromatic heterocycles. The van der Waals surface area contributed by atoms with Crippen LogP contribution in [0.3, 0.4) is 0 Å². The average Bonchev–Trinajstić information content (AvgIpc) is 2.93. The van der Waals surface area contributed by atoms with Crippen LogP contribution in [0.15, 0.2) is 18.2 Å². The van der Waals surface area contributed by atoms with Crippen molar-refractivity contribution in [2.75, 3.05) is 25.2 Å². The Hall–Kier alpha value is -2.24. The lowest BCUT2D eigenvalue weighted by molar-refractivity contribution is -0.144. The quantitative estimate of drug-likeness (QED) is 0.804. The molecule has 0 unspecified atom stereocenters. The highest BCUT2D eigenvalue weighted by molar-refractivity contribution is 6.39. The highest BCUT2D eigenvalue weighted by atomic mass is 16.7. The topological polar surface area (TPSA) is 67.9 Å². The van der Waals surface area contributed by atoms with Gasteiger partial charge in [0.25, 0.3) is 0 Å². The second-order valence-electron chi connectivity index (χ2n) is 6.18. The van der Waals surface area contributed by atoms with Crippen molar-refractivity contribution >= 4 is 17.5 Å². The van der Waals surface area contributed by atoms with Crippen LogP contribution in [0.4, 0.5) is 5.69 Å². The number of fused-ring (bicyclic) bond motifs is 1. The minimum atomic E-state index is -0.611. The molecule has 118 valence electrons. The van der Waals surface area contributed by atoms with Gasteiger partial charge in [0.05, 0.1) is 0 Å². The number of nitrogens with zero attached hydrogens (tertiary/aromatic N) is 1. The summed E-state index contributed by atoms with van der Waals surface area (Å²) in [5.74, 6) is 0.974. The first-order chi connectivity index (χ1) is 10.5. The molecule has 2 atom stereocenters. The lowest BCUT2D eigenvalue weighted by Crippen LogP contribution is -2.47. The van der Waals surface area contributed by atoms with Crippen LogP contribution in [0, 0.1) is 11.8 Å². The molecule has 6 heteroatoms. The molecule has 0 bridgehead atoms. The maximum atomic E-state index is 12.3. The number of hydrogen-bond acceptors (Lipinski definition) is 4. The zero-order chi connectivity index (χ0) is 15.7. The Morgan fingerprint density at radius 2 is 1.82 bits per heavy atom. The summed E-state index contributed by atoms with van der Waals surface area (Å²) in [6.45, 7) is 5.65. The largest absolute Gasteiger partial charge is 0.454 e. The van der Waals surface area contributed by atoms with Crippen molar-refractivity contribution in [3.63, 3.8) is 0 Å². The summed E-state index contributed by atoms with van der Waals surface area (Å²) in [5.41, 5.74) is 0.528. The number of hydrogen-bond donors (Lipinski definition) is 1. The predicted octanol–water partition coefficient (Wildman–Crippen LogP) is 1.86. The van der Waals surface area contributed by atoms with E-state index in [9.17, 15) is 9.59 Å². The maximum absolute atomic E-state index is 12.3. The third kappa shape index (κ3) is 3.00. The van der Waals surface area contributed by atoms with Gasteiger partial charge in [-0.1, -0.05) is 13.8 Å². The summed E-state index contributed by atoms with van der Waals surface area (Å²) in [4.78, 5) is 26.1. The van der Waals surface area contributed by atoms with Crippen LogP contribution in [-0.4, -0.2) is 36.6 Å². The minimum absolute atomic E-state index is 0.176. The lowest BCUT2D eigenvalue weighted by atomic mass is 9.92. The van der Waals surface area contributed by atoms with E-state index in [4.69, 9.17) is 9.47 Å². The number of piperidine rings is 1. The molecule has 0 radical (unpaired) electrons. The molecule has 22 heavy (non-hydrogen) atoms. The van der Waals surface area contributed by atoms with Crippen LogP contribution in [0.25, 0.3) is 0 Å². The van der Waals surface area contributed by atoms with Gasteiger partial charge in [0.15, 0.2) is 11.5 Å². The SMILES string of the molecule is C[C@@H]1C[C@H](C)CN(C(=O)C(=O)Nc2ccc3c(c2)OCO3)C1. The highest BCUT2D eigenvalue weighted by Crippen LogP contribution is 2.34. The molecular formula is C16H20N2O4. The van der Waals surface area contributed by atoms with Crippen molar-refractivity contribution in [1.29, 1.82) is 0 Å². The van der Waals surface area contributed by atoms with Crippen molar-refractivity contribution < 1.29 is 19.1 Å². The van der Waals surface area contributed by atoms with Crippen molar-refractivity contribution in [2.45, 2.75) is 20.3 Å². The van der Waals surface area contributed by atoms with Gasteiger partial charge in [0, 0.05) is 24.8 Å². The van der Waals surface area contributed by atoms with Gasteiger partial charge in [-0.3, -0.25) is 9.59 Å². The molecule has 1 saturated heterocycles. The Bertz CT molecular complexity index is 592. The number of ether oxygens (including phenoxy) is 2. The van der Waals surface area contributed by atoms with Gasteiger partial charge in [0.1, 0.15) is 0 Å². The molecule has 1 fully saturated rings. The van der Waals surface area contributed by atoms with Gasteiger partial charge in [-0.05, 0) is 30.4 Å². The number of likely N-dealkylation sites (tertiary alicyclic amines) is 1. The zero-order valence-electron chi connectivity index (χ0n) is 12.8. The van der Waals surface area contributed by atoms with E-state index >= 15 is 0 Å². The van der Waals surface area contributed by atoms with Gasteiger partial charge in [-0.15, -0.1) is 0 Å². The maximum Gasteiger partial charge on any atom is 0.313 e. The van der Waals surface area contributed by atoms with E-state index in [2.05, 4.69) is 19.2 Å². The Balaban J connectivity index is 1.65. The van der Waals surface area contributed by atoms with Gasteiger partial charge in [-0.25, -0.2) is 0 Å². The number of benzene rings is 1. The molecule has 0 saturated carbocycles. The fourth-order valence-electron chi connectivity index (χ4n) is 3.13. The Labute approximate surface area is 129 Å². The van der Waals surface area contributed by atoms with E-state index in [1.165, 1.54) is 0 Å². The number of carbonyl (C=O) groups is 2. The second-order valence-corrected chi connectivity index (χ2v) is 6.18. The molecule has 1 aromatic rings. The van der Waals surface area contributed by atoms with E-state index in [-0.39, 0.29) is 6.79 Å². The first-order valence-corrected chi connectivity index (χ1v) is 7.53. The second kappa shape index (κ2) is 5.87. The van der Waals surface area contributed by atoms with Crippen molar-refractivity contribution in [1.82, 2.24) is 4.90 Å². The van der Waals surface area contributed by atoms with Crippen LogP contribution in [0.1, 0.15) is 20.3 Å². The Morgan fingerprint density at radius 1 is 1.14 bits per heavy atom. The summed E-state index contributed by atoms with van der Waals surface area (Å²) < 4.78 is 10.5. The van der Waals surface area contributed by atoms with Gasteiger partial charge in [0.2, 0.25) is 6.79 Å². The first-order valence-electron chi connectivity index (χ1n) is 7.53. The molecule has 6 nitrogen and oxygen atoms in total. The fourth-order valence-corrected chi connectivity index (χ4v) is 3.13. The summed E-state index contributed by atoms with van der Waals surface area (Å²) in [6, 6.07) is 5.07. The number of rotatable bonds is 1. The first kappa shape index (κ1) is 14.7. The van der Waals surface area contributed by atoms with E-state index in [1.54, 1.807) is 23.1 Å². The summed E-state index contributed by atoms with van der Waals surface area (Å²) in [5, 5.41) is 2.63. The van der Waals surface area contributed by atoms with E-state index in [1.807, 2.05) is 0 Å². The molecule has 2 aliphatic heterocycles. The van der Waals surface area contributed by atoms with Crippen LogP contribution < -0.4 is 14.8 Å². The average molecular weight is 304 g/mol. The summed E-state index contributed by atoms with van der Waals surface area (Å²) >= 11 is 0. The van der Waals surface area contributed by atoms with E-state index in [0.717, 1.165) is 6.42 Å². The fraction of sp³-hybridized carbons (Fsp3) is 0.500. The molecule has 1 aromatic carbocycles. The number of amides is 2. The molecule has 0 spiro atoms. The van der Waals surface area contributed by atoms with Crippen LogP contribution in [0.5, 0.6) is 11.5 Å². The third-order valence-electron chi connectivity index (χ3n) is 3.98. The van der Waals surface area contributed by atoms with Crippen molar-refractivity contribution in [3.8, 4) is 11.5 Å². The van der Waals surface area contributed by atoms with Crippen molar-refractivity contribution in [3.05, 3.63) is 18.2 Å². The van der Waals surface area contributed by atoms with Crippen LogP contribution in [0.2, 0.25) is 0 Å². The zero-order valence-corrected chi connectivity index (χ0v) is 12.8. The molecule has 2 aliphatic rings. The van der Waals surface area contributed by atoms with Gasteiger partial charge >= 0.3 is 11.8 Å². The minimum Gasteiger partial charge on any atom is -0.454 e. The number of carbonyl (C=O) groups excluding carboxylic acids is 2. The highest BCUT2D eigenvalue weighted by Gasteiger charge is 2.29. The number of nitrogens with one attached hydrogen (secondary N) is 1. The van der Waals surface area contributed by atoms with Gasteiger partial charge in [-0.2, -0.15) is 0 Å². The summed E-state index contributed by atoms with van der Waals surface area (Å²) in [7, 11) is 0. The molecule has 2 heterocycles. The Kier molecular flexibility index (Phi) is 3.92. The van der Waals surface area contributed by atoms with Crippen LogP contribution >= 0.6 is 0 Å². The molecule has 0 aliphatic carbocycles. The van der Waals surface area contributed by atoms with E-state index in [0.29, 0.717) is 42.1 Å². The van der Waals surface area contributed by atoms with E-state index < -0.39 is 11.8 Å². The van der Waals surface area contributed by atoms with Crippen molar-refractivity contribution in [2.24, 2.45) is 11.8 Å². The lowest BCUT2D eigenvalue weighted by Gasteiger charge is -2.34. The molecule has 2 amide bonds.